The molecule has 0 radical (unpaired) electrons. The quantitative estimate of drug-likeness (QED) is 0.890. The van der Waals surface area contributed by atoms with Gasteiger partial charge in [0.05, 0.1) is 0 Å². The molecule has 118 valence electrons. The number of hydrogen-bond acceptors (Lipinski definition) is 5. The van der Waals surface area contributed by atoms with Crippen LogP contribution in [0.1, 0.15) is 19.3 Å². The summed E-state index contributed by atoms with van der Waals surface area (Å²) < 4.78 is 0. The Hall–Kier alpha value is -2.47. The third-order valence-corrected chi connectivity index (χ3v) is 4.54. The number of nitrogens with zero attached hydrogens (tertiary/aromatic N) is 2. The number of anilines is 1. The van der Waals surface area contributed by atoms with Gasteiger partial charge < -0.3 is 15.5 Å². The number of amides is 1. The van der Waals surface area contributed by atoms with Crippen molar-refractivity contribution in [3.05, 3.63) is 36.7 Å². The van der Waals surface area contributed by atoms with Crippen LogP contribution >= 0.6 is 0 Å². The molecule has 1 aromatic heterocycles. The summed E-state index contributed by atoms with van der Waals surface area (Å²) in [5.74, 6) is -0.190. The second-order valence-corrected chi connectivity index (χ2v) is 6.10. The first kappa shape index (κ1) is 14.1. The van der Waals surface area contributed by atoms with E-state index < -0.39 is 0 Å². The number of aromatic nitrogens is 1. The molecule has 3 heterocycles. The highest BCUT2D eigenvalue weighted by Gasteiger charge is 2.42. The maximum Gasteiger partial charge on any atom is 0.273 e. The van der Waals surface area contributed by atoms with Gasteiger partial charge in [0.1, 0.15) is 11.3 Å². The van der Waals surface area contributed by atoms with Gasteiger partial charge in [-0.3, -0.25) is 9.78 Å². The Morgan fingerprint density at radius 3 is 3.00 bits per heavy atom. The lowest BCUT2D eigenvalue weighted by Gasteiger charge is -2.30. The Bertz CT molecular complexity index is 776. The zero-order chi connectivity index (χ0) is 15.7. The molecule has 0 saturated carbocycles. The standard InChI is InChI=1S/C17H18N4O2/c22-16(15-10-17(23-21-15)5-8-18-9-6-17)20-14-3-1-2-12-11-19-7-4-13(12)14/h1-4,7,11,18H,5-6,8-10H2,(H,20,22). The number of pyridine rings is 1. The Morgan fingerprint density at radius 2 is 2.13 bits per heavy atom. The fourth-order valence-electron chi connectivity index (χ4n) is 3.22. The van der Waals surface area contributed by atoms with Crippen molar-refractivity contribution in [3.8, 4) is 0 Å². The van der Waals surface area contributed by atoms with E-state index in [0.717, 1.165) is 42.4 Å². The molecular weight excluding hydrogens is 292 g/mol. The number of piperidine rings is 1. The number of carbonyl (C=O) groups is 1. The predicted molar refractivity (Wildman–Crippen MR) is 88.3 cm³/mol. The van der Waals surface area contributed by atoms with Gasteiger partial charge in [0.25, 0.3) is 5.91 Å². The number of oxime groups is 1. The summed E-state index contributed by atoms with van der Waals surface area (Å²) in [6, 6.07) is 7.65. The van der Waals surface area contributed by atoms with Gasteiger partial charge in [0.15, 0.2) is 0 Å². The average molecular weight is 310 g/mol. The Balaban J connectivity index is 1.52. The molecule has 23 heavy (non-hydrogen) atoms. The molecule has 2 aliphatic heterocycles. The van der Waals surface area contributed by atoms with Gasteiger partial charge in [-0.1, -0.05) is 17.3 Å². The number of benzene rings is 1. The zero-order valence-electron chi connectivity index (χ0n) is 12.7. The van der Waals surface area contributed by atoms with Crippen molar-refractivity contribution in [1.29, 1.82) is 0 Å². The van der Waals surface area contributed by atoms with Crippen molar-refractivity contribution in [2.24, 2.45) is 5.16 Å². The molecule has 2 N–H and O–H groups in total. The van der Waals surface area contributed by atoms with Crippen LogP contribution in [0.3, 0.4) is 0 Å². The molecule has 0 unspecified atom stereocenters. The fraction of sp³-hybridized carbons (Fsp3) is 0.353. The van der Waals surface area contributed by atoms with Crippen molar-refractivity contribution in [2.45, 2.75) is 24.9 Å². The molecular formula is C17H18N4O2. The van der Waals surface area contributed by atoms with Crippen molar-refractivity contribution in [2.75, 3.05) is 18.4 Å². The van der Waals surface area contributed by atoms with Crippen molar-refractivity contribution < 1.29 is 9.63 Å². The van der Waals surface area contributed by atoms with Gasteiger partial charge >= 0.3 is 0 Å². The van der Waals surface area contributed by atoms with Crippen molar-refractivity contribution in [1.82, 2.24) is 10.3 Å². The summed E-state index contributed by atoms with van der Waals surface area (Å²) in [6.45, 7) is 1.81. The van der Waals surface area contributed by atoms with Crippen LogP contribution in [0.5, 0.6) is 0 Å². The van der Waals surface area contributed by atoms with E-state index in [-0.39, 0.29) is 11.5 Å². The van der Waals surface area contributed by atoms with E-state index in [2.05, 4.69) is 20.8 Å². The van der Waals surface area contributed by atoms with Crippen LogP contribution in [0.25, 0.3) is 10.8 Å². The highest BCUT2D eigenvalue weighted by Crippen LogP contribution is 2.33. The van der Waals surface area contributed by atoms with Crippen LogP contribution in [-0.4, -0.2) is 35.3 Å². The fourth-order valence-corrected chi connectivity index (χ4v) is 3.22. The highest BCUT2D eigenvalue weighted by molar-refractivity contribution is 6.43. The Morgan fingerprint density at radius 1 is 1.26 bits per heavy atom. The summed E-state index contributed by atoms with van der Waals surface area (Å²) in [5, 5.41) is 12.3. The van der Waals surface area contributed by atoms with Crippen LogP contribution in [0, 0.1) is 0 Å². The minimum atomic E-state index is -0.291. The van der Waals surface area contributed by atoms with E-state index in [1.54, 1.807) is 12.4 Å². The van der Waals surface area contributed by atoms with Crippen LogP contribution in [0.15, 0.2) is 41.8 Å². The molecule has 1 fully saturated rings. The van der Waals surface area contributed by atoms with Gasteiger partial charge in [-0.15, -0.1) is 0 Å². The largest absolute Gasteiger partial charge is 0.388 e. The number of fused-ring (bicyclic) bond motifs is 1. The first-order valence-electron chi connectivity index (χ1n) is 7.86. The summed E-state index contributed by atoms with van der Waals surface area (Å²) in [7, 11) is 0. The van der Waals surface area contributed by atoms with Gasteiger partial charge in [-0.05, 0) is 25.2 Å². The summed E-state index contributed by atoms with van der Waals surface area (Å²) in [6.07, 6.45) is 5.84. The SMILES string of the molecule is O=C(Nc1cccc2cnccc12)C1=NOC2(CCNCC2)C1. The molecule has 6 heteroatoms. The minimum Gasteiger partial charge on any atom is -0.388 e. The third-order valence-electron chi connectivity index (χ3n) is 4.54. The summed E-state index contributed by atoms with van der Waals surface area (Å²) in [5.41, 5.74) is 0.947. The third kappa shape index (κ3) is 2.66. The summed E-state index contributed by atoms with van der Waals surface area (Å²) >= 11 is 0. The normalized spacial score (nSPS) is 19.4. The predicted octanol–water partition coefficient (Wildman–Crippen LogP) is 2.07. The first-order chi connectivity index (χ1) is 11.3. The molecule has 1 spiro atoms. The monoisotopic (exact) mass is 310 g/mol. The van der Waals surface area contributed by atoms with Crippen molar-refractivity contribution in [3.63, 3.8) is 0 Å². The van der Waals surface area contributed by atoms with Crippen LogP contribution in [-0.2, 0) is 9.63 Å². The maximum atomic E-state index is 12.5. The Labute approximate surface area is 133 Å². The topological polar surface area (TPSA) is 75.6 Å². The van der Waals surface area contributed by atoms with E-state index in [9.17, 15) is 4.79 Å². The minimum absolute atomic E-state index is 0.190. The van der Waals surface area contributed by atoms with Crippen LogP contribution < -0.4 is 10.6 Å². The number of carbonyl (C=O) groups excluding carboxylic acids is 1. The van der Waals surface area contributed by atoms with E-state index in [1.807, 2.05) is 24.3 Å². The smallest absolute Gasteiger partial charge is 0.273 e. The number of hydrogen-bond donors (Lipinski definition) is 2. The van der Waals surface area contributed by atoms with E-state index in [0.29, 0.717) is 12.1 Å². The molecule has 0 aliphatic carbocycles. The van der Waals surface area contributed by atoms with Crippen molar-refractivity contribution >= 4 is 28.1 Å². The molecule has 1 saturated heterocycles. The average Bonchev–Trinajstić information content (AvgIpc) is 2.99. The lowest BCUT2D eigenvalue weighted by atomic mass is 9.87. The molecule has 4 rings (SSSR count). The highest BCUT2D eigenvalue weighted by atomic mass is 16.7. The maximum absolute atomic E-state index is 12.5. The first-order valence-corrected chi connectivity index (χ1v) is 7.86. The van der Waals surface area contributed by atoms with E-state index >= 15 is 0 Å². The van der Waals surface area contributed by atoms with Gasteiger partial charge in [0, 0.05) is 48.1 Å². The number of nitrogens with one attached hydrogen (secondary N) is 2. The van der Waals surface area contributed by atoms with Crippen LogP contribution in [0.4, 0.5) is 5.69 Å². The zero-order valence-corrected chi connectivity index (χ0v) is 12.7. The lowest BCUT2D eigenvalue weighted by Crippen LogP contribution is -2.42. The second-order valence-electron chi connectivity index (χ2n) is 6.10. The molecule has 0 atom stereocenters. The molecule has 2 aliphatic rings. The van der Waals surface area contributed by atoms with E-state index in [4.69, 9.17) is 4.84 Å². The molecule has 0 bridgehead atoms. The molecule has 6 nitrogen and oxygen atoms in total. The Kier molecular flexibility index (Phi) is 3.46. The second kappa shape index (κ2) is 5.62. The summed E-state index contributed by atoms with van der Waals surface area (Å²) in [4.78, 5) is 22.3. The lowest BCUT2D eigenvalue weighted by molar-refractivity contribution is -0.110. The van der Waals surface area contributed by atoms with Crippen LogP contribution in [0.2, 0.25) is 0 Å². The van der Waals surface area contributed by atoms with Gasteiger partial charge in [-0.25, -0.2) is 0 Å². The van der Waals surface area contributed by atoms with Gasteiger partial charge in [-0.2, -0.15) is 0 Å². The number of rotatable bonds is 2. The molecule has 2 aromatic rings. The van der Waals surface area contributed by atoms with E-state index in [1.165, 1.54) is 0 Å². The van der Waals surface area contributed by atoms with Gasteiger partial charge in [0.2, 0.25) is 0 Å². The molecule has 1 aromatic carbocycles. The molecule has 1 amide bonds.